The molecule has 2 aromatic rings. The maximum Gasteiger partial charge on any atom is 0.128 e. The maximum atomic E-state index is 6.29. The van der Waals surface area contributed by atoms with Crippen molar-refractivity contribution < 1.29 is 9.47 Å². The van der Waals surface area contributed by atoms with Gasteiger partial charge in [-0.2, -0.15) is 0 Å². The number of benzene rings is 2. The Morgan fingerprint density at radius 3 is 1.43 bits per heavy atom. The van der Waals surface area contributed by atoms with Gasteiger partial charge in [0.2, 0.25) is 0 Å². The Hall–Kier alpha value is -1.10. The summed E-state index contributed by atoms with van der Waals surface area (Å²) in [5.74, 6) is 2.34. The van der Waals surface area contributed by atoms with Crippen molar-refractivity contribution in [1.29, 1.82) is 0 Å². The highest BCUT2D eigenvalue weighted by Gasteiger charge is 2.38. The lowest BCUT2D eigenvalue weighted by molar-refractivity contribution is 0.398. The van der Waals surface area contributed by atoms with Crippen LogP contribution in [0.15, 0.2) is 36.4 Å². The molecular weight excluding hydrogens is 406 g/mol. The minimum Gasteiger partial charge on any atom is -0.488 e. The fourth-order valence-electron chi connectivity index (χ4n) is 6.07. The van der Waals surface area contributed by atoms with Crippen LogP contribution in [-0.2, 0) is 0 Å². The van der Waals surface area contributed by atoms with Gasteiger partial charge in [-0.05, 0) is 76.1 Å². The van der Waals surface area contributed by atoms with Crippen LogP contribution in [-0.4, -0.2) is 24.0 Å². The number of fused-ring (bicyclic) bond motifs is 2. The second-order valence-corrected chi connectivity index (χ2v) is 14.1. The lowest BCUT2D eigenvalue weighted by Crippen LogP contribution is -2.20. The summed E-state index contributed by atoms with van der Waals surface area (Å²) in [5.41, 5.74) is 4.63. The molecule has 0 amide bonds. The van der Waals surface area contributed by atoms with Crippen LogP contribution in [0.5, 0.6) is 11.5 Å². The van der Waals surface area contributed by atoms with Crippen molar-refractivity contribution in [2.45, 2.75) is 75.5 Å². The van der Waals surface area contributed by atoms with E-state index < -0.39 is 0 Å². The summed E-state index contributed by atoms with van der Waals surface area (Å²) < 4.78 is 12.6. The first-order valence-corrected chi connectivity index (χ1v) is 15.1. The average molecular weight is 438 g/mol. The smallest absolute Gasteiger partial charge is 0.128 e. The molecule has 2 aliphatic carbocycles. The first-order valence-electron chi connectivity index (χ1n) is 12.0. The number of hydrogen-bond acceptors (Lipinski definition) is 2. The van der Waals surface area contributed by atoms with Gasteiger partial charge in [-0.3, -0.25) is 0 Å². The van der Waals surface area contributed by atoms with E-state index in [4.69, 9.17) is 9.47 Å². The first-order chi connectivity index (χ1) is 14.9. The standard InChI is InChI=1S/C26H32O2P2/c1-3-9-19(10-4-1)29-17-27-23-15-7-13-21(25(23)29)22-14-8-16-24-26(22)30(18-28-24)20-11-5-2-6-12-20/h7-8,13-16,19-20H,1-6,9-12,17-18H2/t29-,30-/m0/s1. The van der Waals surface area contributed by atoms with Gasteiger partial charge in [0.05, 0.1) is 0 Å². The predicted molar refractivity (Wildman–Crippen MR) is 130 cm³/mol. The van der Waals surface area contributed by atoms with Gasteiger partial charge in [-0.15, -0.1) is 0 Å². The second-order valence-electron chi connectivity index (χ2n) is 9.37. The molecule has 2 heterocycles. The van der Waals surface area contributed by atoms with Gasteiger partial charge >= 0.3 is 0 Å². The van der Waals surface area contributed by atoms with Crippen LogP contribution in [0.4, 0.5) is 0 Å². The van der Waals surface area contributed by atoms with Gasteiger partial charge in [0.1, 0.15) is 24.2 Å². The molecule has 0 saturated heterocycles. The van der Waals surface area contributed by atoms with Gasteiger partial charge in [0, 0.05) is 10.6 Å². The molecule has 2 saturated carbocycles. The number of ether oxygens (including phenoxy) is 2. The third-order valence-electron chi connectivity index (χ3n) is 7.61. The molecule has 2 aliphatic heterocycles. The van der Waals surface area contributed by atoms with Gasteiger partial charge in [0.15, 0.2) is 0 Å². The largest absolute Gasteiger partial charge is 0.488 e. The van der Waals surface area contributed by atoms with E-state index in [2.05, 4.69) is 36.4 Å². The van der Waals surface area contributed by atoms with Crippen LogP contribution >= 0.6 is 15.8 Å². The third-order valence-corrected chi connectivity index (χ3v) is 13.3. The molecule has 0 N–H and O–H groups in total. The highest BCUT2D eigenvalue weighted by atomic mass is 31.1. The zero-order chi connectivity index (χ0) is 19.9. The Morgan fingerprint density at radius 1 is 0.567 bits per heavy atom. The summed E-state index contributed by atoms with van der Waals surface area (Å²) in [6.45, 7) is 0. The maximum absolute atomic E-state index is 6.29. The molecule has 158 valence electrons. The Morgan fingerprint density at radius 2 is 1.00 bits per heavy atom. The van der Waals surface area contributed by atoms with Crippen LogP contribution in [0.1, 0.15) is 64.2 Å². The molecule has 0 radical (unpaired) electrons. The van der Waals surface area contributed by atoms with Crippen molar-refractivity contribution >= 4 is 26.5 Å². The summed E-state index contributed by atoms with van der Waals surface area (Å²) in [7, 11) is -0.429. The fraction of sp³-hybridized carbons (Fsp3) is 0.538. The summed E-state index contributed by atoms with van der Waals surface area (Å²) in [6, 6.07) is 13.6. The van der Waals surface area contributed by atoms with Gasteiger partial charge < -0.3 is 9.47 Å². The molecule has 6 rings (SSSR count). The Balaban J connectivity index is 1.43. The van der Waals surface area contributed by atoms with Gasteiger partial charge in [0.25, 0.3) is 0 Å². The van der Waals surface area contributed by atoms with E-state index >= 15 is 0 Å². The molecule has 2 aromatic carbocycles. The molecule has 4 heteroatoms. The molecule has 0 bridgehead atoms. The van der Waals surface area contributed by atoms with E-state index in [0.717, 1.165) is 24.0 Å². The van der Waals surface area contributed by atoms with Crippen molar-refractivity contribution in [3.63, 3.8) is 0 Å². The van der Waals surface area contributed by atoms with Crippen molar-refractivity contribution in [2.75, 3.05) is 12.7 Å². The highest BCUT2D eigenvalue weighted by Crippen LogP contribution is 2.57. The van der Waals surface area contributed by atoms with E-state index in [1.807, 2.05) is 0 Å². The lowest BCUT2D eigenvalue weighted by atomic mass is 10.0. The topological polar surface area (TPSA) is 18.5 Å². The zero-order valence-corrected chi connectivity index (χ0v) is 19.6. The molecule has 2 atom stereocenters. The molecule has 4 aliphatic rings. The first kappa shape index (κ1) is 19.6. The normalized spacial score (nSPS) is 26.7. The minimum atomic E-state index is -0.215. The molecule has 2 nitrogen and oxygen atoms in total. The molecular formula is C26H32O2P2. The van der Waals surface area contributed by atoms with Crippen molar-refractivity contribution in [3.05, 3.63) is 36.4 Å². The number of rotatable bonds is 3. The summed E-state index contributed by atoms with van der Waals surface area (Å²) in [4.78, 5) is 0. The van der Waals surface area contributed by atoms with Crippen molar-refractivity contribution in [1.82, 2.24) is 0 Å². The second kappa shape index (κ2) is 8.44. The Kier molecular flexibility index (Phi) is 5.51. The van der Waals surface area contributed by atoms with Crippen LogP contribution < -0.4 is 20.1 Å². The predicted octanol–water partition coefficient (Wildman–Crippen LogP) is 6.93. The Bertz CT molecular complexity index is 840. The van der Waals surface area contributed by atoms with E-state index in [-0.39, 0.29) is 15.8 Å². The van der Waals surface area contributed by atoms with Crippen LogP contribution in [0.3, 0.4) is 0 Å². The Labute approximate surface area is 183 Å². The summed E-state index contributed by atoms with van der Waals surface area (Å²) in [6.07, 6.45) is 15.9. The fourth-order valence-corrected chi connectivity index (χ4v) is 11.9. The van der Waals surface area contributed by atoms with E-state index in [1.54, 1.807) is 10.6 Å². The van der Waals surface area contributed by atoms with E-state index in [1.165, 1.54) is 86.8 Å². The van der Waals surface area contributed by atoms with Gasteiger partial charge in [-0.25, -0.2) is 0 Å². The van der Waals surface area contributed by atoms with Crippen molar-refractivity contribution in [3.8, 4) is 22.6 Å². The quantitative estimate of drug-likeness (QED) is 0.484. The van der Waals surface area contributed by atoms with Crippen LogP contribution in [0.25, 0.3) is 11.1 Å². The molecule has 0 spiro atoms. The third kappa shape index (κ3) is 3.40. The SMILES string of the molecule is c1cc2c(c(-c3cccc4c3[P@](C3CCCCC3)CO4)c1)[P@](C1CCCCC1)CO2. The highest BCUT2D eigenvalue weighted by molar-refractivity contribution is 7.67. The summed E-state index contributed by atoms with van der Waals surface area (Å²) >= 11 is 0. The van der Waals surface area contributed by atoms with E-state index in [9.17, 15) is 0 Å². The monoisotopic (exact) mass is 438 g/mol. The minimum absolute atomic E-state index is 0.215. The van der Waals surface area contributed by atoms with E-state index in [0.29, 0.717) is 0 Å². The van der Waals surface area contributed by atoms with Gasteiger partial charge in [-0.1, -0.05) is 62.8 Å². The molecule has 2 fully saturated rings. The molecule has 0 unspecified atom stereocenters. The van der Waals surface area contributed by atoms with Crippen LogP contribution in [0, 0.1) is 0 Å². The lowest BCUT2D eigenvalue weighted by Gasteiger charge is -2.29. The number of hydrogen-bond donors (Lipinski definition) is 0. The molecule has 0 aromatic heterocycles. The zero-order valence-electron chi connectivity index (χ0n) is 17.8. The van der Waals surface area contributed by atoms with Crippen LogP contribution in [0.2, 0.25) is 0 Å². The molecule has 30 heavy (non-hydrogen) atoms. The summed E-state index contributed by atoms with van der Waals surface area (Å²) in [5, 5.41) is 3.14. The average Bonchev–Trinajstić information content (AvgIpc) is 3.45. The van der Waals surface area contributed by atoms with Crippen molar-refractivity contribution in [2.24, 2.45) is 0 Å².